The number of anilines is 1. The Morgan fingerprint density at radius 2 is 1.90 bits per heavy atom. The van der Waals surface area contributed by atoms with Crippen molar-refractivity contribution in [2.45, 2.75) is 6.92 Å². The largest absolute Gasteiger partial charge is 0.389 e. The summed E-state index contributed by atoms with van der Waals surface area (Å²) in [6.07, 6.45) is 0. The number of thiocarbonyl (C=S) groups is 1. The van der Waals surface area contributed by atoms with Crippen LogP contribution >= 0.6 is 39.7 Å². The van der Waals surface area contributed by atoms with E-state index < -0.39 is 0 Å². The van der Waals surface area contributed by atoms with Crippen LogP contribution in [0.2, 0.25) is 5.02 Å². The molecular weight excluding hydrogens is 372 g/mol. The molecule has 0 aliphatic rings. The van der Waals surface area contributed by atoms with Crippen molar-refractivity contribution in [1.82, 2.24) is 0 Å². The Labute approximate surface area is 141 Å². The Morgan fingerprint density at radius 3 is 2.52 bits per heavy atom. The van der Waals surface area contributed by atoms with Gasteiger partial charge < -0.3 is 11.1 Å². The molecule has 2 rings (SSSR count). The molecule has 108 valence electrons. The molecule has 2 aromatic rings. The highest BCUT2D eigenvalue weighted by Gasteiger charge is 2.13. The van der Waals surface area contributed by atoms with Crippen LogP contribution in [0.4, 0.5) is 5.69 Å². The summed E-state index contributed by atoms with van der Waals surface area (Å²) in [6, 6.07) is 10.5. The minimum absolute atomic E-state index is 0.199. The lowest BCUT2D eigenvalue weighted by Crippen LogP contribution is -2.18. The first-order valence-electron chi connectivity index (χ1n) is 6.05. The third-order valence-corrected chi connectivity index (χ3v) is 3.98. The van der Waals surface area contributed by atoms with E-state index in [1.165, 1.54) is 0 Å². The molecular formula is C15H12BrClN2OS. The van der Waals surface area contributed by atoms with Gasteiger partial charge in [-0.25, -0.2) is 0 Å². The van der Waals surface area contributed by atoms with Crippen molar-refractivity contribution in [3.63, 3.8) is 0 Å². The van der Waals surface area contributed by atoms with Gasteiger partial charge in [0, 0.05) is 15.1 Å². The number of nitrogens with two attached hydrogens (primary N) is 1. The van der Waals surface area contributed by atoms with E-state index in [9.17, 15) is 4.79 Å². The van der Waals surface area contributed by atoms with Crippen molar-refractivity contribution in [3.05, 3.63) is 62.6 Å². The van der Waals surface area contributed by atoms with Crippen molar-refractivity contribution < 1.29 is 4.79 Å². The maximum absolute atomic E-state index is 12.4. The molecule has 6 heteroatoms. The average Bonchev–Trinajstić information content (AvgIpc) is 2.37. The van der Waals surface area contributed by atoms with E-state index in [1.54, 1.807) is 24.3 Å². The van der Waals surface area contributed by atoms with Crippen molar-refractivity contribution in [2.75, 3.05) is 5.32 Å². The monoisotopic (exact) mass is 382 g/mol. The van der Waals surface area contributed by atoms with Crippen LogP contribution in [0.15, 0.2) is 40.9 Å². The van der Waals surface area contributed by atoms with Crippen LogP contribution in [0, 0.1) is 6.92 Å². The molecule has 0 aliphatic carbocycles. The Morgan fingerprint density at radius 1 is 1.24 bits per heavy atom. The van der Waals surface area contributed by atoms with Gasteiger partial charge in [-0.15, -0.1) is 0 Å². The first kappa shape index (κ1) is 15.9. The highest BCUT2D eigenvalue weighted by atomic mass is 79.9. The minimum Gasteiger partial charge on any atom is -0.389 e. The van der Waals surface area contributed by atoms with Crippen molar-refractivity contribution in [1.29, 1.82) is 0 Å². The summed E-state index contributed by atoms with van der Waals surface area (Å²) in [5, 5.41) is 3.28. The van der Waals surface area contributed by atoms with Gasteiger partial charge in [0.1, 0.15) is 4.99 Å². The normalized spacial score (nSPS) is 10.2. The number of amides is 1. The second-order valence-electron chi connectivity index (χ2n) is 4.49. The summed E-state index contributed by atoms with van der Waals surface area (Å²) in [4.78, 5) is 12.6. The van der Waals surface area contributed by atoms with Crippen LogP contribution in [0.25, 0.3) is 0 Å². The van der Waals surface area contributed by atoms with Gasteiger partial charge in [0.25, 0.3) is 5.91 Å². The molecule has 0 atom stereocenters. The number of benzene rings is 2. The Bertz CT molecular complexity index is 734. The van der Waals surface area contributed by atoms with Gasteiger partial charge in [-0.2, -0.15) is 0 Å². The van der Waals surface area contributed by atoms with Gasteiger partial charge in [0.2, 0.25) is 0 Å². The smallest absolute Gasteiger partial charge is 0.256 e. The Hall–Kier alpha value is -1.43. The van der Waals surface area contributed by atoms with Crippen LogP contribution in [-0.2, 0) is 0 Å². The molecule has 21 heavy (non-hydrogen) atoms. The number of carbonyl (C=O) groups excluding carboxylic acids is 1. The lowest BCUT2D eigenvalue weighted by molar-refractivity contribution is 0.102. The quantitative estimate of drug-likeness (QED) is 0.777. The SMILES string of the molecule is Cc1ccc(C(=O)Nc2cc(Cl)ccc2C(N)=S)c(Br)c1. The first-order valence-corrected chi connectivity index (χ1v) is 7.63. The molecule has 0 spiro atoms. The molecule has 2 aromatic carbocycles. The zero-order valence-electron chi connectivity index (χ0n) is 11.1. The summed E-state index contributed by atoms with van der Waals surface area (Å²) in [5.74, 6) is -0.262. The molecule has 0 saturated heterocycles. The standard InChI is InChI=1S/C15H12BrClN2OS/c1-8-2-4-10(12(16)6-8)15(20)19-13-7-9(17)3-5-11(13)14(18)21/h2-7H,1H3,(H2,18,21)(H,19,20). The lowest BCUT2D eigenvalue weighted by atomic mass is 10.1. The van der Waals surface area contributed by atoms with Gasteiger partial charge >= 0.3 is 0 Å². The summed E-state index contributed by atoms with van der Waals surface area (Å²) in [7, 11) is 0. The van der Waals surface area contributed by atoms with Crippen molar-refractivity contribution >= 4 is 56.3 Å². The van der Waals surface area contributed by atoms with Crippen LogP contribution < -0.4 is 11.1 Å². The van der Waals surface area contributed by atoms with Gasteiger partial charge in [-0.05, 0) is 58.7 Å². The molecule has 0 aliphatic heterocycles. The molecule has 0 fully saturated rings. The highest BCUT2D eigenvalue weighted by Crippen LogP contribution is 2.24. The van der Waals surface area contributed by atoms with E-state index in [0.717, 1.165) is 10.0 Å². The predicted molar refractivity (Wildman–Crippen MR) is 94.2 cm³/mol. The van der Waals surface area contributed by atoms with Crippen LogP contribution in [0.3, 0.4) is 0 Å². The number of nitrogens with one attached hydrogen (secondary N) is 1. The molecule has 0 unspecified atom stereocenters. The van der Waals surface area contributed by atoms with Gasteiger partial charge in [-0.1, -0.05) is 29.9 Å². The number of hydrogen-bond donors (Lipinski definition) is 2. The Kier molecular flexibility index (Phi) is 4.98. The molecule has 3 nitrogen and oxygen atoms in total. The lowest BCUT2D eigenvalue weighted by Gasteiger charge is -2.12. The Balaban J connectivity index is 2.35. The van der Waals surface area contributed by atoms with Crippen LogP contribution in [0.5, 0.6) is 0 Å². The second kappa shape index (κ2) is 6.56. The number of rotatable bonds is 3. The second-order valence-corrected chi connectivity index (χ2v) is 6.22. The molecule has 0 radical (unpaired) electrons. The minimum atomic E-state index is -0.262. The molecule has 3 N–H and O–H groups in total. The van der Waals surface area contributed by atoms with Gasteiger partial charge in [0.15, 0.2) is 0 Å². The van der Waals surface area contributed by atoms with E-state index in [-0.39, 0.29) is 10.9 Å². The molecule has 0 aromatic heterocycles. The zero-order valence-corrected chi connectivity index (χ0v) is 14.3. The fraction of sp³-hybridized carbons (Fsp3) is 0.0667. The summed E-state index contributed by atoms with van der Waals surface area (Å²) >= 11 is 14.3. The molecule has 1 amide bonds. The number of hydrogen-bond acceptors (Lipinski definition) is 2. The fourth-order valence-electron chi connectivity index (χ4n) is 1.83. The third-order valence-electron chi connectivity index (χ3n) is 2.86. The molecule has 0 heterocycles. The molecule has 0 bridgehead atoms. The summed E-state index contributed by atoms with van der Waals surface area (Å²) < 4.78 is 0.721. The van der Waals surface area contributed by atoms with Crippen LogP contribution in [0.1, 0.15) is 21.5 Å². The van der Waals surface area contributed by atoms with E-state index in [0.29, 0.717) is 21.8 Å². The van der Waals surface area contributed by atoms with E-state index >= 15 is 0 Å². The maximum Gasteiger partial charge on any atom is 0.256 e. The van der Waals surface area contributed by atoms with Crippen LogP contribution in [-0.4, -0.2) is 10.9 Å². The van der Waals surface area contributed by atoms with E-state index in [4.69, 9.17) is 29.6 Å². The number of halogens is 2. The third kappa shape index (κ3) is 3.81. The predicted octanol–water partition coefficient (Wildman–Crippen LogP) is 4.30. The number of carbonyl (C=O) groups is 1. The zero-order chi connectivity index (χ0) is 15.6. The molecule has 0 saturated carbocycles. The van der Waals surface area contributed by atoms with Crippen molar-refractivity contribution in [3.8, 4) is 0 Å². The van der Waals surface area contributed by atoms with Crippen molar-refractivity contribution in [2.24, 2.45) is 5.73 Å². The summed E-state index contributed by atoms with van der Waals surface area (Å²) in [6.45, 7) is 1.95. The van der Waals surface area contributed by atoms with E-state index in [2.05, 4.69) is 21.2 Å². The topological polar surface area (TPSA) is 55.1 Å². The first-order chi connectivity index (χ1) is 9.88. The maximum atomic E-state index is 12.4. The fourth-order valence-corrected chi connectivity index (χ4v) is 2.85. The average molecular weight is 384 g/mol. The number of aryl methyl sites for hydroxylation is 1. The highest BCUT2D eigenvalue weighted by molar-refractivity contribution is 9.10. The van der Waals surface area contributed by atoms with E-state index in [1.807, 2.05) is 19.1 Å². The van der Waals surface area contributed by atoms with Gasteiger partial charge in [-0.3, -0.25) is 4.79 Å². The van der Waals surface area contributed by atoms with Gasteiger partial charge in [0.05, 0.1) is 11.3 Å². The summed E-state index contributed by atoms with van der Waals surface area (Å²) in [5.41, 5.74) is 8.31.